The van der Waals surface area contributed by atoms with Crippen molar-refractivity contribution in [2.45, 2.75) is 55.4 Å². The fourth-order valence-corrected chi connectivity index (χ4v) is 6.08. The Hall–Kier alpha value is -3.00. The number of hydrogen-bond acceptors (Lipinski definition) is 7. The van der Waals surface area contributed by atoms with E-state index >= 15 is 0 Å². The average Bonchev–Trinajstić information content (AvgIpc) is 3.65. The zero-order chi connectivity index (χ0) is 24.2. The third-order valence-electron chi connectivity index (χ3n) is 7.76. The maximum absolute atomic E-state index is 11.8. The van der Waals surface area contributed by atoms with E-state index in [9.17, 15) is 8.42 Å². The number of anilines is 1. The van der Waals surface area contributed by atoms with Crippen molar-refractivity contribution < 1.29 is 13.2 Å². The average molecular weight is 491 g/mol. The van der Waals surface area contributed by atoms with Crippen molar-refractivity contribution in [3.05, 3.63) is 60.0 Å². The molecule has 0 spiro atoms. The molecule has 8 heteroatoms. The highest BCUT2D eigenvalue weighted by molar-refractivity contribution is 7.90. The predicted molar refractivity (Wildman–Crippen MR) is 134 cm³/mol. The first kappa shape index (κ1) is 22.5. The van der Waals surface area contributed by atoms with E-state index in [4.69, 9.17) is 4.74 Å². The van der Waals surface area contributed by atoms with Crippen LogP contribution in [-0.4, -0.2) is 48.3 Å². The predicted octanol–water partition coefficient (Wildman–Crippen LogP) is 4.43. The smallest absolute Gasteiger partial charge is 0.225 e. The molecule has 3 aliphatic rings. The van der Waals surface area contributed by atoms with Crippen LogP contribution in [0.25, 0.3) is 11.3 Å². The maximum atomic E-state index is 11.8. The second-order valence-electron chi connectivity index (χ2n) is 10.4. The summed E-state index contributed by atoms with van der Waals surface area (Å²) in [6.45, 7) is 4.08. The Morgan fingerprint density at radius 2 is 1.66 bits per heavy atom. The largest absolute Gasteiger partial charge is 0.485 e. The first-order chi connectivity index (χ1) is 16.8. The van der Waals surface area contributed by atoms with Gasteiger partial charge in [0, 0.05) is 55.2 Å². The van der Waals surface area contributed by atoms with Gasteiger partial charge < -0.3 is 9.64 Å². The van der Waals surface area contributed by atoms with Crippen LogP contribution in [0.5, 0.6) is 5.75 Å². The lowest BCUT2D eigenvalue weighted by molar-refractivity contribution is 0.0347. The van der Waals surface area contributed by atoms with Gasteiger partial charge in [0.1, 0.15) is 11.4 Å². The van der Waals surface area contributed by atoms with Crippen molar-refractivity contribution >= 4 is 15.8 Å². The van der Waals surface area contributed by atoms with Crippen molar-refractivity contribution in [3.63, 3.8) is 0 Å². The number of rotatable bonds is 5. The van der Waals surface area contributed by atoms with E-state index in [1.54, 1.807) is 12.1 Å². The number of pyridine rings is 1. The second kappa shape index (κ2) is 8.29. The summed E-state index contributed by atoms with van der Waals surface area (Å²) < 4.78 is 30.0. The number of hydrogen-bond donors (Lipinski definition) is 0. The third-order valence-corrected chi connectivity index (χ3v) is 8.89. The standard InChI is InChI=1S/C27H30N4O3S/c1-27(22-9-11-31(12-10-22)26-29-15-21(16-30-26)18-3-4-18)14-20-13-24(28-17-25(20)34-27)19-5-7-23(8-6-19)35(2,32)33/h5-8,13,15-18,22H,3-4,9-12,14H2,1-2H3/t27-/m0/s1. The lowest BCUT2D eigenvalue weighted by Gasteiger charge is -2.40. The van der Waals surface area contributed by atoms with Crippen molar-refractivity contribution in [2.24, 2.45) is 5.92 Å². The Bertz CT molecular complexity index is 1350. The summed E-state index contributed by atoms with van der Waals surface area (Å²) in [5, 5.41) is 0. The van der Waals surface area contributed by atoms with E-state index in [0.29, 0.717) is 16.7 Å². The van der Waals surface area contributed by atoms with Crippen LogP contribution in [0.4, 0.5) is 5.95 Å². The van der Waals surface area contributed by atoms with Crippen LogP contribution >= 0.6 is 0 Å². The summed E-state index contributed by atoms with van der Waals surface area (Å²) >= 11 is 0. The van der Waals surface area contributed by atoms with Gasteiger partial charge in [-0.05, 0) is 62.3 Å². The summed E-state index contributed by atoms with van der Waals surface area (Å²) in [4.78, 5) is 16.5. The normalized spacial score (nSPS) is 22.6. The fraction of sp³-hybridized carbons (Fsp3) is 0.444. The summed E-state index contributed by atoms with van der Waals surface area (Å²) in [5.74, 6) is 2.81. The molecule has 1 saturated carbocycles. The quantitative estimate of drug-likeness (QED) is 0.523. The highest BCUT2D eigenvalue weighted by Crippen LogP contribution is 2.44. The molecule has 0 unspecified atom stereocenters. The van der Waals surface area contributed by atoms with Gasteiger partial charge in [0.2, 0.25) is 5.95 Å². The minimum absolute atomic E-state index is 0.258. The first-order valence-corrected chi connectivity index (χ1v) is 14.2. The van der Waals surface area contributed by atoms with Gasteiger partial charge in [-0.1, -0.05) is 12.1 Å². The molecule has 182 valence electrons. The van der Waals surface area contributed by atoms with E-state index < -0.39 is 9.84 Å². The zero-order valence-corrected chi connectivity index (χ0v) is 21.0. The van der Waals surface area contributed by atoms with Crippen LogP contribution in [0, 0.1) is 5.92 Å². The molecule has 4 heterocycles. The molecule has 2 fully saturated rings. The Morgan fingerprint density at radius 3 is 2.29 bits per heavy atom. The molecule has 1 atom stereocenters. The number of benzene rings is 1. The Morgan fingerprint density at radius 1 is 0.971 bits per heavy atom. The van der Waals surface area contributed by atoms with Crippen LogP contribution < -0.4 is 9.64 Å². The van der Waals surface area contributed by atoms with E-state index in [2.05, 4.69) is 32.8 Å². The molecule has 0 amide bonds. The zero-order valence-electron chi connectivity index (χ0n) is 20.1. The number of aromatic nitrogens is 3. The van der Waals surface area contributed by atoms with Gasteiger partial charge in [0.25, 0.3) is 0 Å². The maximum Gasteiger partial charge on any atom is 0.225 e. The fourth-order valence-electron chi connectivity index (χ4n) is 5.45. The number of sulfone groups is 1. The van der Waals surface area contributed by atoms with Gasteiger partial charge in [0.05, 0.1) is 16.8 Å². The van der Waals surface area contributed by atoms with Crippen molar-refractivity contribution in [2.75, 3.05) is 24.2 Å². The molecule has 7 nitrogen and oxygen atoms in total. The molecule has 1 saturated heterocycles. The first-order valence-electron chi connectivity index (χ1n) is 12.3. The van der Waals surface area contributed by atoms with Crippen molar-refractivity contribution in [1.29, 1.82) is 0 Å². The van der Waals surface area contributed by atoms with E-state index in [1.807, 2.05) is 30.7 Å². The molecule has 1 aromatic carbocycles. The summed E-state index contributed by atoms with van der Waals surface area (Å²) in [6, 6.07) is 8.99. The lowest BCUT2D eigenvalue weighted by atomic mass is 9.79. The second-order valence-corrected chi connectivity index (χ2v) is 12.4. The molecule has 2 aliphatic heterocycles. The third kappa shape index (κ3) is 4.40. The number of fused-ring (bicyclic) bond motifs is 1. The highest BCUT2D eigenvalue weighted by Gasteiger charge is 2.43. The summed E-state index contributed by atoms with van der Waals surface area (Å²) in [5.41, 5.74) is 3.90. The van der Waals surface area contributed by atoms with Gasteiger partial charge in [-0.15, -0.1) is 0 Å². The van der Waals surface area contributed by atoms with E-state index in [1.165, 1.54) is 24.7 Å². The molecule has 0 N–H and O–H groups in total. The van der Waals surface area contributed by atoms with Crippen molar-refractivity contribution in [3.8, 4) is 17.0 Å². The molecule has 35 heavy (non-hydrogen) atoms. The number of piperidine rings is 1. The molecule has 3 aromatic rings. The minimum atomic E-state index is -3.22. The monoisotopic (exact) mass is 490 g/mol. The number of nitrogens with zero attached hydrogens (tertiary/aromatic N) is 4. The Kier molecular flexibility index (Phi) is 5.32. The number of ether oxygens (including phenoxy) is 1. The topological polar surface area (TPSA) is 85.3 Å². The van der Waals surface area contributed by atoms with Crippen LogP contribution in [0.3, 0.4) is 0 Å². The van der Waals surface area contributed by atoms with Gasteiger partial charge in [-0.25, -0.2) is 18.4 Å². The van der Waals surface area contributed by atoms with Crippen LogP contribution in [0.15, 0.2) is 53.8 Å². The molecule has 0 bridgehead atoms. The summed E-state index contributed by atoms with van der Waals surface area (Å²) in [6.07, 6.45) is 12.5. The van der Waals surface area contributed by atoms with Gasteiger partial charge in [-0.2, -0.15) is 0 Å². The van der Waals surface area contributed by atoms with E-state index in [0.717, 1.165) is 60.9 Å². The van der Waals surface area contributed by atoms with Gasteiger partial charge in [-0.3, -0.25) is 4.98 Å². The highest BCUT2D eigenvalue weighted by atomic mass is 32.2. The molecular formula is C27H30N4O3S. The molecule has 6 rings (SSSR count). The van der Waals surface area contributed by atoms with Crippen LogP contribution in [0.1, 0.15) is 49.7 Å². The van der Waals surface area contributed by atoms with Crippen molar-refractivity contribution in [1.82, 2.24) is 15.0 Å². The molecule has 1 aliphatic carbocycles. The molecular weight excluding hydrogens is 460 g/mol. The minimum Gasteiger partial charge on any atom is -0.485 e. The SMILES string of the molecule is C[C@@]1(C2CCN(c3ncc(C4CC4)cn3)CC2)Cc2cc(-c3ccc(S(C)(=O)=O)cc3)ncc2O1. The lowest BCUT2D eigenvalue weighted by Crippen LogP contribution is -2.46. The Labute approximate surface area is 206 Å². The summed E-state index contributed by atoms with van der Waals surface area (Å²) in [7, 11) is -3.22. The molecule has 2 aromatic heterocycles. The van der Waals surface area contributed by atoms with E-state index in [-0.39, 0.29) is 5.60 Å². The van der Waals surface area contributed by atoms with Crippen LogP contribution in [0.2, 0.25) is 0 Å². The van der Waals surface area contributed by atoms with Gasteiger partial charge in [0.15, 0.2) is 9.84 Å². The Balaban J connectivity index is 1.12. The van der Waals surface area contributed by atoms with Gasteiger partial charge >= 0.3 is 0 Å². The van der Waals surface area contributed by atoms with Crippen LogP contribution in [-0.2, 0) is 16.3 Å². The molecule has 0 radical (unpaired) electrons.